The van der Waals surface area contributed by atoms with Gasteiger partial charge in [-0.25, -0.2) is 4.57 Å². The van der Waals surface area contributed by atoms with Gasteiger partial charge in [0.25, 0.3) is 0 Å². The van der Waals surface area contributed by atoms with Crippen LogP contribution in [0.5, 0.6) is 0 Å². The summed E-state index contributed by atoms with van der Waals surface area (Å²) in [6, 6.07) is -1.52. The van der Waals surface area contributed by atoms with Crippen LogP contribution in [0.3, 0.4) is 0 Å². The third kappa shape index (κ3) is 34.8. The van der Waals surface area contributed by atoms with Crippen LogP contribution in [0.2, 0.25) is 0 Å². The molecule has 0 aromatic heterocycles. The van der Waals surface area contributed by atoms with E-state index in [1.165, 1.54) is 51.4 Å². The van der Waals surface area contributed by atoms with Gasteiger partial charge in [-0.05, 0) is 64.2 Å². The molecule has 4 N–H and O–H groups in total. The Kier molecular flexibility index (Phi) is 34.1. The molecule has 12 heteroatoms. The van der Waals surface area contributed by atoms with Gasteiger partial charge < -0.3 is 25.2 Å². The molecule has 0 aromatic carbocycles. The number of carboxylic acid groups (broad SMARTS) is 1. The number of ether oxygens (including phenoxy) is 2. The third-order valence-corrected chi connectivity index (χ3v) is 9.34. The molecule has 1 unspecified atom stereocenters. The summed E-state index contributed by atoms with van der Waals surface area (Å²) in [5, 5.41) is 8.86. The van der Waals surface area contributed by atoms with E-state index in [1.807, 2.05) is 0 Å². The van der Waals surface area contributed by atoms with Crippen molar-refractivity contribution in [1.29, 1.82) is 0 Å². The number of carboxylic acids is 1. The van der Waals surface area contributed by atoms with Gasteiger partial charge >= 0.3 is 25.7 Å². The molecule has 0 spiro atoms. The van der Waals surface area contributed by atoms with Gasteiger partial charge in [-0.3, -0.25) is 23.4 Å². The maximum atomic E-state index is 12.6. The number of esters is 2. The maximum Gasteiger partial charge on any atom is 0.472 e. The lowest BCUT2D eigenvalue weighted by Gasteiger charge is -2.20. The molecule has 0 fully saturated rings. The maximum absolute atomic E-state index is 12.6. The minimum atomic E-state index is -4.72. The molecule has 0 saturated heterocycles. The van der Waals surface area contributed by atoms with Crippen LogP contribution in [0.15, 0.2) is 36.5 Å². The number of carbonyl (C=O) groups excluding carboxylic acids is 2. The molecule has 3 atom stereocenters. The molecule has 0 aliphatic rings. The molecule has 0 aliphatic heterocycles. The Morgan fingerprint density at radius 3 is 1.52 bits per heavy atom. The Balaban J connectivity index is 4.46. The summed E-state index contributed by atoms with van der Waals surface area (Å²) in [6.45, 7) is 2.72. The first kappa shape index (κ1) is 49.7. The van der Waals surface area contributed by atoms with Crippen molar-refractivity contribution in [2.75, 3.05) is 19.8 Å². The van der Waals surface area contributed by atoms with Gasteiger partial charge in [0, 0.05) is 12.8 Å². The topological polar surface area (TPSA) is 172 Å². The van der Waals surface area contributed by atoms with E-state index in [0.29, 0.717) is 12.8 Å². The number of phosphoric ester groups is 1. The number of phosphoric acid groups is 1. The lowest BCUT2D eigenvalue weighted by molar-refractivity contribution is -0.161. The highest BCUT2D eigenvalue weighted by Gasteiger charge is 2.28. The number of nitrogens with two attached hydrogens (primary N) is 1. The lowest BCUT2D eigenvalue weighted by Crippen LogP contribution is -2.34. The van der Waals surface area contributed by atoms with Gasteiger partial charge in [0.05, 0.1) is 13.2 Å². The highest BCUT2D eigenvalue weighted by atomic mass is 31.2. The minimum absolute atomic E-state index is 0.147. The van der Waals surface area contributed by atoms with Gasteiger partial charge in [-0.1, -0.05) is 127 Å². The molecule has 0 aliphatic carbocycles. The van der Waals surface area contributed by atoms with E-state index < -0.39 is 51.1 Å². The van der Waals surface area contributed by atoms with Crippen molar-refractivity contribution >= 4 is 25.7 Å². The van der Waals surface area contributed by atoms with Gasteiger partial charge in [0.15, 0.2) is 6.10 Å². The summed E-state index contributed by atoms with van der Waals surface area (Å²) in [6.07, 6.45) is 36.4. The van der Waals surface area contributed by atoms with Gasteiger partial charge in [-0.15, -0.1) is 0 Å². The van der Waals surface area contributed by atoms with Crippen molar-refractivity contribution in [2.45, 2.75) is 180 Å². The van der Waals surface area contributed by atoms with E-state index in [4.69, 9.17) is 24.8 Å². The van der Waals surface area contributed by atoms with E-state index >= 15 is 0 Å². The Hall–Kier alpha value is -2.30. The standard InChI is InChI=1S/C40H72NO10P/c1-3-5-7-9-11-13-15-17-18-20-21-23-25-27-29-31-38(42)48-33-36(34-49-52(46,47)50-35-37(41)40(44)45)51-39(43)32-30-28-26-24-22-19-16-14-12-10-8-6-4-2/h13-18,36-37H,3-12,19-35,41H2,1-2H3,(H,44,45)(H,46,47)/b15-13+,16-14+,18-17+/t36-,37+/m1/s1. The molecule has 0 saturated carbocycles. The van der Waals surface area contributed by atoms with Crippen molar-refractivity contribution in [3.8, 4) is 0 Å². The summed E-state index contributed by atoms with van der Waals surface area (Å²) >= 11 is 0. The average Bonchev–Trinajstić information content (AvgIpc) is 3.12. The number of unbranched alkanes of at least 4 members (excludes halogenated alkanes) is 18. The fourth-order valence-corrected chi connectivity index (χ4v) is 5.94. The number of carbonyl (C=O) groups is 3. The fourth-order valence-electron chi connectivity index (χ4n) is 5.17. The molecule has 0 radical (unpaired) electrons. The summed E-state index contributed by atoms with van der Waals surface area (Å²) in [5.74, 6) is -2.41. The summed E-state index contributed by atoms with van der Waals surface area (Å²) < 4.78 is 32.6. The van der Waals surface area contributed by atoms with Crippen LogP contribution in [-0.4, -0.2) is 59.9 Å². The molecule has 0 heterocycles. The summed E-state index contributed by atoms with van der Waals surface area (Å²) in [4.78, 5) is 45.8. The zero-order valence-corrected chi connectivity index (χ0v) is 33.3. The Morgan fingerprint density at radius 1 is 0.596 bits per heavy atom. The first-order valence-electron chi connectivity index (χ1n) is 20.0. The van der Waals surface area contributed by atoms with E-state index in [9.17, 15) is 23.8 Å². The predicted molar refractivity (Wildman–Crippen MR) is 208 cm³/mol. The van der Waals surface area contributed by atoms with Crippen LogP contribution in [0.25, 0.3) is 0 Å². The van der Waals surface area contributed by atoms with Gasteiger partial charge in [0.1, 0.15) is 12.6 Å². The van der Waals surface area contributed by atoms with Crippen molar-refractivity contribution in [2.24, 2.45) is 5.73 Å². The van der Waals surface area contributed by atoms with Crippen LogP contribution in [0.1, 0.15) is 168 Å². The number of rotatable bonds is 37. The van der Waals surface area contributed by atoms with Crippen LogP contribution in [0, 0.1) is 0 Å². The van der Waals surface area contributed by atoms with Crippen LogP contribution in [-0.2, 0) is 37.5 Å². The molecule has 0 aromatic rings. The van der Waals surface area contributed by atoms with Crippen LogP contribution < -0.4 is 5.73 Å². The van der Waals surface area contributed by atoms with Gasteiger partial charge in [0.2, 0.25) is 0 Å². The number of allylic oxidation sites excluding steroid dienone is 6. The highest BCUT2D eigenvalue weighted by molar-refractivity contribution is 7.47. The van der Waals surface area contributed by atoms with Crippen molar-refractivity contribution in [3.63, 3.8) is 0 Å². The molecule has 0 bridgehead atoms. The van der Waals surface area contributed by atoms with E-state index in [0.717, 1.165) is 77.0 Å². The molecule has 11 nitrogen and oxygen atoms in total. The van der Waals surface area contributed by atoms with Crippen molar-refractivity contribution in [1.82, 2.24) is 0 Å². The van der Waals surface area contributed by atoms with Crippen LogP contribution >= 0.6 is 7.82 Å². The smallest absolute Gasteiger partial charge is 0.472 e. The second-order valence-electron chi connectivity index (χ2n) is 13.4. The molecule has 302 valence electrons. The van der Waals surface area contributed by atoms with Gasteiger partial charge in [-0.2, -0.15) is 0 Å². The van der Waals surface area contributed by atoms with Crippen LogP contribution in [0.4, 0.5) is 0 Å². The number of hydrogen-bond acceptors (Lipinski definition) is 9. The number of aliphatic carboxylic acids is 1. The highest BCUT2D eigenvalue weighted by Crippen LogP contribution is 2.43. The van der Waals surface area contributed by atoms with E-state index in [2.05, 4.69) is 54.8 Å². The normalized spacial score (nSPS) is 14.2. The molecule has 0 rings (SSSR count). The first-order chi connectivity index (χ1) is 25.1. The van der Waals surface area contributed by atoms with Crippen molar-refractivity contribution in [3.05, 3.63) is 36.5 Å². The first-order valence-corrected chi connectivity index (χ1v) is 21.5. The third-order valence-electron chi connectivity index (χ3n) is 8.39. The van der Waals surface area contributed by atoms with Crippen molar-refractivity contribution < 1.29 is 47.5 Å². The second-order valence-corrected chi connectivity index (χ2v) is 14.9. The summed E-state index contributed by atoms with van der Waals surface area (Å²) in [5.41, 5.74) is 5.32. The quantitative estimate of drug-likeness (QED) is 0.0181. The second kappa shape index (κ2) is 35.7. The minimum Gasteiger partial charge on any atom is -0.480 e. The molecule has 0 amide bonds. The fraction of sp³-hybridized carbons (Fsp3) is 0.775. The summed E-state index contributed by atoms with van der Waals surface area (Å²) in [7, 11) is -4.72. The monoisotopic (exact) mass is 757 g/mol. The SMILES string of the molecule is CCCCCC/C=C/C=C/CCCCCCCC(=O)OC[C@H](COP(=O)(O)OC[C@H](N)C(=O)O)OC(=O)CCCCCCC/C=C/CCCCCC. The molecular formula is C40H72NO10P. The molecular weight excluding hydrogens is 685 g/mol. The number of hydrogen-bond donors (Lipinski definition) is 3. The lowest BCUT2D eigenvalue weighted by atomic mass is 10.1. The zero-order chi connectivity index (χ0) is 38.5. The Bertz CT molecular complexity index is 1030. The van der Waals surface area contributed by atoms with E-state index in [1.54, 1.807) is 0 Å². The molecule has 52 heavy (non-hydrogen) atoms. The average molecular weight is 758 g/mol. The Morgan fingerprint density at radius 2 is 1.02 bits per heavy atom. The predicted octanol–water partition coefficient (Wildman–Crippen LogP) is 10.1. The largest absolute Gasteiger partial charge is 0.480 e. The van der Waals surface area contributed by atoms with E-state index in [-0.39, 0.29) is 19.4 Å². The zero-order valence-electron chi connectivity index (χ0n) is 32.4. The Labute approximate surface area is 314 Å².